The average molecular weight is 395 g/mol. The second-order valence-electron chi connectivity index (χ2n) is 5.73. The second-order valence-corrected chi connectivity index (χ2v) is 6.17. The largest absolute Gasteiger partial charge is 0.383 e. The fraction of sp³-hybridized carbons (Fsp3) is 0.143. The molecule has 0 amide bonds. The summed E-state index contributed by atoms with van der Waals surface area (Å²) in [4.78, 5) is 8.64. The summed E-state index contributed by atoms with van der Waals surface area (Å²) in [7, 11) is 0. The molecule has 1 aliphatic heterocycles. The van der Waals surface area contributed by atoms with Crippen molar-refractivity contribution in [1.29, 1.82) is 0 Å². The minimum atomic E-state index is 0.406. The summed E-state index contributed by atoms with van der Waals surface area (Å²) in [6.07, 6.45) is 3.43. The first kappa shape index (κ1) is 19.1. The number of amidine groups is 1. The van der Waals surface area contributed by atoms with Crippen molar-refractivity contribution in [3.05, 3.63) is 70.4 Å². The third-order valence-corrected chi connectivity index (χ3v) is 4.28. The van der Waals surface area contributed by atoms with E-state index in [1.54, 1.807) is 12.5 Å². The van der Waals surface area contributed by atoms with Gasteiger partial charge in [0, 0.05) is 39.7 Å². The minimum Gasteiger partial charge on any atom is -0.383 e. The Morgan fingerprint density at radius 3 is 2.59 bits per heavy atom. The minimum absolute atomic E-state index is 0.406. The van der Waals surface area contributed by atoms with Gasteiger partial charge in [-0.05, 0) is 30.5 Å². The first-order chi connectivity index (χ1) is 13.2. The molecule has 0 bridgehead atoms. The van der Waals surface area contributed by atoms with E-state index in [-0.39, 0.29) is 0 Å². The van der Waals surface area contributed by atoms with Gasteiger partial charge in [0.15, 0.2) is 0 Å². The Bertz CT molecular complexity index is 1040. The Hall–Kier alpha value is -2.68. The first-order valence-corrected chi connectivity index (χ1v) is 9.67. The molecule has 136 valence electrons. The van der Waals surface area contributed by atoms with Crippen LogP contribution in [0.4, 0.5) is 5.82 Å². The predicted molar refractivity (Wildman–Crippen MR) is 118 cm³/mol. The highest BCUT2D eigenvalue weighted by Crippen LogP contribution is 2.24. The highest BCUT2D eigenvalue weighted by atomic mass is 35.5. The van der Waals surface area contributed by atoms with Crippen molar-refractivity contribution in [2.75, 3.05) is 25.1 Å². The molecule has 0 saturated carbocycles. The number of halogens is 1. The van der Waals surface area contributed by atoms with E-state index in [0.717, 1.165) is 40.8 Å². The molecule has 27 heavy (non-hydrogen) atoms. The van der Waals surface area contributed by atoms with Gasteiger partial charge in [0.05, 0.1) is 12.1 Å². The Balaban J connectivity index is 0.00000102. The van der Waals surface area contributed by atoms with Gasteiger partial charge in [-0.2, -0.15) is 12.6 Å². The van der Waals surface area contributed by atoms with E-state index in [2.05, 4.69) is 39.8 Å². The lowest BCUT2D eigenvalue weighted by molar-refractivity contribution is 0.960. The van der Waals surface area contributed by atoms with E-state index in [0.29, 0.717) is 16.4 Å². The molecule has 0 atom stereocenters. The Morgan fingerprint density at radius 1 is 1.11 bits per heavy atom. The normalized spacial score (nSPS) is 12.3. The van der Waals surface area contributed by atoms with Gasteiger partial charge < -0.3 is 11.1 Å². The van der Waals surface area contributed by atoms with Crippen LogP contribution >= 0.6 is 24.2 Å². The summed E-state index contributed by atoms with van der Waals surface area (Å²) in [6.45, 7) is 1.72. The number of aliphatic imine (C=N–C) groups is 1. The van der Waals surface area contributed by atoms with Gasteiger partial charge in [0.2, 0.25) is 0 Å². The van der Waals surface area contributed by atoms with E-state index >= 15 is 0 Å². The number of hydrogen-bond acceptors (Lipinski definition) is 5. The molecule has 2 heterocycles. The Morgan fingerprint density at radius 2 is 1.89 bits per heavy atom. The van der Waals surface area contributed by atoms with E-state index in [4.69, 9.17) is 17.3 Å². The van der Waals surface area contributed by atoms with Crippen LogP contribution in [0.5, 0.6) is 0 Å². The van der Waals surface area contributed by atoms with Crippen LogP contribution in [0.15, 0.2) is 53.7 Å². The molecule has 3 N–H and O–H groups in total. The SMILES string of the molecule is CS.Nc1ncc2ccc(Cl)cc2c1C#Cc1ccc(C2=NCCN2)cc1. The zero-order valence-corrected chi connectivity index (χ0v) is 16.5. The molecule has 0 aliphatic carbocycles. The van der Waals surface area contributed by atoms with Crippen molar-refractivity contribution < 1.29 is 0 Å². The number of thiol groups is 1. The molecule has 2 aromatic carbocycles. The van der Waals surface area contributed by atoms with Gasteiger partial charge >= 0.3 is 0 Å². The molecule has 4 nitrogen and oxygen atoms in total. The fourth-order valence-corrected chi connectivity index (χ4v) is 2.94. The number of nitrogens with two attached hydrogens (primary N) is 1. The molecule has 1 aromatic heterocycles. The van der Waals surface area contributed by atoms with Crippen molar-refractivity contribution >= 4 is 46.7 Å². The van der Waals surface area contributed by atoms with Gasteiger partial charge in [-0.1, -0.05) is 41.6 Å². The van der Waals surface area contributed by atoms with Crippen molar-refractivity contribution in [1.82, 2.24) is 10.3 Å². The maximum atomic E-state index is 6.11. The third kappa shape index (κ3) is 4.36. The molecule has 0 fully saturated rings. The average Bonchev–Trinajstić information content (AvgIpc) is 3.24. The van der Waals surface area contributed by atoms with E-state index in [1.807, 2.05) is 42.5 Å². The van der Waals surface area contributed by atoms with Crippen LogP contribution in [0, 0.1) is 11.8 Å². The van der Waals surface area contributed by atoms with Gasteiger partial charge in [0.25, 0.3) is 0 Å². The summed E-state index contributed by atoms with van der Waals surface area (Å²) in [5.74, 6) is 7.65. The monoisotopic (exact) mass is 394 g/mol. The van der Waals surface area contributed by atoms with Crippen LogP contribution in [0.3, 0.4) is 0 Å². The van der Waals surface area contributed by atoms with Gasteiger partial charge in [-0.15, -0.1) is 0 Å². The third-order valence-electron chi connectivity index (χ3n) is 4.05. The molecular formula is C21H19ClN4S. The molecular weight excluding hydrogens is 376 g/mol. The zero-order valence-electron chi connectivity index (χ0n) is 14.8. The van der Waals surface area contributed by atoms with Gasteiger partial charge in [-0.3, -0.25) is 4.99 Å². The summed E-state index contributed by atoms with van der Waals surface area (Å²) < 4.78 is 0. The lowest BCUT2D eigenvalue weighted by Crippen LogP contribution is -2.19. The number of nitrogens with zero attached hydrogens (tertiary/aromatic N) is 2. The van der Waals surface area contributed by atoms with Crippen molar-refractivity contribution in [3.63, 3.8) is 0 Å². The van der Waals surface area contributed by atoms with Crippen LogP contribution in [0.25, 0.3) is 10.8 Å². The maximum absolute atomic E-state index is 6.11. The highest BCUT2D eigenvalue weighted by Gasteiger charge is 2.07. The summed E-state index contributed by atoms with van der Waals surface area (Å²) in [5.41, 5.74) is 8.70. The van der Waals surface area contributed by atoms with Gasteiger partial charge in [-0.25, -0.2) is 4.98 Å². The first-order valence-electron chi connectivity index (χ1n) is 8.40. The van der Waals surface area contributed by atoms with Crippen LogP contribution in [0.2, 0.25) is 5.02 Å². The number of aromatic nitrogens is 1. The van der Waals surface area contributed by atoms with Crippen LogP contribution < -0.4 is 11.1 Å². The standard InChI is InChI=1S/C20H15ClN4.CH4S/c21-16-7-6-15-12-25-19(22)17(18(15)11-16)8-3-13-1-4-14(5-2-13)20-23-9-10-24-20;1-2/h1-2,4-7,11-12H,9-10H2,(H2,22,25)(H,23,24);2H,1H3. The topological polar surface area (TPSA) is 63.3 Å². The van der Waals surface area contributed by atoms with Crippen LogP contribution in [-0.2, 0) is 0 Å². The molecule has 3 aromatic rings. The predicted octanol–water partition coefficient (Wildman–Crippen LogP) is 3.77. The fourth-order valence-electron chi connectivity index (χ4n) is 2.77. The summed E-state index contributed by atoms with van der Waals surface area (Å²) in [5, 5.41) is 5.78. The smallest absolute Gasteiger partial charge is 0.139 e. The summed E-state index contributed by atoms with van der Waals surface area (Å²) in [6, 6.07) is 13.6. The second kappa shape index (κ2) is 8.81. The lowest BCUT2D eigenvalue weighted by Gasteiger charge is -2.04. The van der Waals surface area contributed by atoms with E-state index in [1.165, 1.54) is 0 Å². The maximum Gasteiger partial charge on any atom is 0.139 e. The number of hydrogen-bond donors (Lipinski definition) is 3. The number of nitrogen functional groups attached to an aromatic ring is 1. The Labute approximate surface area is 169 Å². The lowest BCUT2D eigenvalue weighted by atomic mass is 10.1. The van der Waals surface area contributed by atoms with Crippen LogP contribution in [0.1, 0.15) is 16.7 Å². The summed E-state index contributed by atoms with van der Waals surface area (Å²) >= 11 is 9.64. The molecule has 0 radical (unpaired) electrons. The van der Waals surface area contributed by atoms with Crippen LogP contribution in [-0.4, -0.2) is 30.2 Å². The zero-order chi connectivity index (χ0) is 19.2. The number of rotatable bonds is 1. The van der Waals surface area contributed by atoms with E-state index in [9.17, 15) is 0 Å². The van der Waals surface area contributed by atoms with Crippen molar-refractivity contribution in [2.45, 2.75) is 0 Å². The molecule has 4 rings (SSSR count). The number of anilines is 1. The van der Waals surface area contributed by atoms with Gasteiger partial charge in [0.1, 0.15) is 11.7 Å². The van der Waals surface area contributed by atoms with Crippen molar-refractivity contribution in [2.24, 2.45) is 4.99 Å². The number of benzene rings is 2. The highest BCUT2D eigenvalue weighted by molar-refractivity contribution is 7.79. The Kier molecular flexibility index (Phi) is 6.23. The molecule has 1 aliphatic rings. The number of pyridine rings is 1. The quantitative estimate of drug-likeness (QED) is 0.435. The molecule has 6 heteroatoms. The molecule has 0 unspecified atom stereocenters. The number of nitrogens with one attached hydrogen (secondary N) is 1. The number of fused-ring (bicyclic) bond motifs is 1. The van der Waals surface area contributed by atoms with Crippen molar-refractivity contribution in [3.8, 4) is 11.8 Å². The molecule has 0 saturated heterocycles. The molecule has 0 spiro atoms. The van der Waals surface area contributed by atoms with E-state index < -0.39 is 0 Å².